The molecule has 1 aliphatic heterocycles. The molecule has 1 unspecified atom stereocenters. The number of rotatable bonds is 3. The molecule has 4 nitrogen and oxygen atoms in total. The predicted molar refractivity (Wildman–Crippen MR) is 78.9 cm³/mol. The smallest absolute Gasteiger partial charge is 0.428 e. The van der Waals surface area contributed by atoms with E-state index in [0.717, 1.165) is 0 Å². The Kier molecular flexibility index (Phi) is 4.52. The van der Waals surface area contributed by atoms with Gasteiger partial charge in [-0.25, -0.2) is 14.4 Å². The van der Waals surface area contributed by atoms with Gasteiger partial charge < -0.3 is 9.47 Å². The van der Waals surface area contributed by atoms with Crippen LogP contribution < -0.4 is 4.74 Å². The summed E-state index contributed by atoms with van der Waals surface area (Å²) in [7, 11) is 0. The van der Waals surface area contributed by atoms with Crippen molar-refractivity contribution in [2.45, 2.75) is 30.8 Å². The van der Waals surface area contributed by atoms with Crippen molar-refractivity contribution in [1.29, 1.82) is 0 Å². The van der Waals surface area contributed by atoms with Gasteiger partial charge in [-0.3, -0.25) is 0 Å². The van der Waals surface area contributed by atoms with Crippen LogP contribution in [0.3, 0.4) is 0 Å². The molecule has 0 amide bonds. The average molecular weight is 365 g/mol. The quantitative estimate of drug-likeness (QED) is 0.769. The number of alkyl halides is 4. The molecule has 0 saturated carbocycles. The Hall–Kier alpha value is -1.67. The summed E-state index contributed by atoms with van der Waals surface area (Å²) in [4.78, 5) is 7.88. The summed E-state index contributed by atoms with van der Waals surface area (Å²) in [5, 5.41) is -0.349. The minimum Gasteiger partial charge on any atom is -0.459 e. The molecule has 1 aromatic heterocycles. The third-order valence-corrected chi connectivity index (χ3v) is 4.07. The zero-order valence-corrected chi connectivity index (χ0v) is 13.1. The molecule has 0 bridgehead atoms. The predicted octanol–water partition coefficient (Wildman–Crippen LogP) is 4.11. The highest BCUT2D eigenvalue weighted by molar-refractivity contribution is 6.31. The molecule has 1 aromatic carbocycles. The maximum Gasteiger partial charge on any atom is 0.428 e. The fourth-order valence-electron chi connectivity index (χ4n) is 2.59. The molecule has 130 valence electrons. The van der Waals surface area contributed by atoms with E-state index in [1.807, 2.05) is 0 Å². The van der Waals surface area contributed by atoms with Gasteiger partial charge in [-0.1, -0.05) is 23.7 Å². The number of para-hydroxylation sites is 2. The van der Waals surface area contributed by atoms with Crippen LogP contribution in [0.25, 0.3) is 11.0 Å². The third-order valence-electron chi connectivity index (χ3n) is 3.82. The third kappa shape index (κ3) is 3.39. The van der Waals surface area contributed by atoms with Crippen LogP contribution in [0.4, 0.5) is 17.6 Å². The first-order valence-electron chi connectivity index (χ1n) is 7.22. The molecule has 0 aliphatic carbocycles. The minimum atomic E-state index is -4.93. The molecule has 2 heterocycles. The van der Waals surface area contributed by atoms with Gasteiger partial charge >= 0.3 is 6.18 Å². The highest BCUT2D eigenvalue weighted by Gasteiger charge is 2.57. The molecule has 1 saturated heterocycles. The number of halogens is 5. The van der Waals surface area contributed by atoms with E-state index < -0.39 is 36.7 Å². The van der Waals surface area contributed by atoms with Crippen LogP contribution in [0.5, 0.6) is 5.88 Å². The van der Waals surface area contributed by atoms with Crippen LogP contribution in [-0.2, 0) is 4.74 Å². The van der Waals surface area contributed by atoms with Crippen LogP contribution in [-0.4, -0.2) is 41.1 Å². The van der Waals surface area contributed by atoms with E-state index in [-0.39, 0.29) is 18.4 Å². The zero-order chi connectivity index (χ0) is 17.4. The van der Waals surface area contributed by atoms with Crippen LogP contribution in [0.15, 0.2) is 24.3 Å². The van der Waals surface area contributed by atoms with Gasteiger partial charge in [0.1, 0.15) is 0 Å². The van der Waals surface area contributed by atoms with Gasteiger partial charge in [0.15, 0.2) is 10.8 Å². The lowest BCUT2D eigenvalue weighted by molar-refractivity contribution is -0.243. The van der Waals surface area contributed by atoms with Gasteiger partial charge in [0, 0.05) is 26.1 Å². The Balaban J connectivity index is 1.97. The fraction of sp³-hybridized carbons (Fsp3) is 0.467. The highest BCUT2D eigenvalue weighted by atomic mass is 35.5. The van der Waals surface area contributed by atoms with E-state index in [9.17, 15) is 17.6 Å². The molecule has 9 heteroatoms. The average Bonchev–Trinajstić information content (AvgIpc) is 2.52. The number of ether oxygens (including phenoxy) is 2. The van der Waals surface area contributed by atoms with Crippen molar-refractivity contribution in [2.75, 3.05) is 13.2 Å². The van der Waals surface area contributed by atoms with E-state index >= 15 is 0 Å². The van der Waals surface area contributed by atoms with Crippen molar-refractivity contribution in [3.05, 3.63) is 29.4 Å². The van der Waals surface area contributed by atoms with E-state index in [1.54, 1.807) is 24.3 Å². The van der Waals surface area contributed by atoms with Crippen molar-refractivity contribution in [1.82, 2.24) is 9.97 Å². The van der Waals surface area contributed by atoms with Crippen LogP contribution in [0.1, 0.15) is 12.8 Å². The van der Waals surface area contributed by atoms with Crippen molar-refractivity contribution < 1.29 is 27.0 Å². The second-order valence-electron chi connectivity index (χ2n) is 5.49. The van der Waals surface area contributed by atoms with E-state index in [2.05, 4.69) is 9.97 Å². The number of benzene rings is 1. The summed E-state index contributed by atoms with van der Waals surface area (Å²) >= 11 is 5.87. The van der Waals surface area contributed by atoms with Crippen LogP contribution in [0.2, 0.25) is 5.15 Å². The Labute approximate surface area is 139 Å². The standard InChI is InChI=1S/C15H13ClF4N2O2/c16-11-12(22-10-4-2-1-3-9(10)21-11)24-13(15(18,19)20)14(17)5-7-23-8-6-14/h1-4,13H,5-8H2. The Morgan fingerprint density at radius 2 is 1.71 bits per heavy atom. The Bertz CT molecular complexity index is 735. The van der Waals surface area contributed by atoms with Gasteiger partial charge in [-0.05, 0) is 12.1 Å². The Morgan fingerprint density at radius 3 is 2.29 bits per heavy atom. The first-order valence-corrected chi connectivity index (χ1v) is 7.60. The maximum atomic E-state index is 14.8. The maximum absolute atomic E-state index is 14.8. The molecular weight excluding hydrogens is 352 g/mol. The highest BCUT2D eigenvalue weighted by Crippen LogP contribution is 2.41. The summed E-state index contributed by atoms with van der Waals surface area (Å²) in [5.41, 5.74) is -1.90. The van der Waals surface area contributed by atoms with Gasteiger partial charge in [-0.2, -0.15) is 13.2 Å². The number of nitrogens with zero attached hydrogens (tertiary/aromatic N) is 2. The number of hydrogen-bond acceptors (Lipinski definition) is 4. The van der Waals surface area contributed by atoms with Gasteiger partial charge in [0.25, 0.3) is 5.88 Å². The zero-order valence-electron chi connectivity index (χ0n) is 12.3. The fourth-order valence-corrected chi connectivity index (χ4v) is 2.77. The molecule has 2 aromatic rings. The van der Waals surface area contributed by atoms with E-state index in [0.29, 0.717) is 11.0 Å². The summed E-state index contributed by atoms with van der Waals surface area (Å²) in [6.45, 7) is -0.215. The van der Waals surface area contributed by atoms with E-state index in [4.69, 9.17) is 21.1 Å². The second-order valence-corrected chi connectivity index (χ2v) is 5.85. The monoisotopic (exact) mass is 364 g/mol. The molecule has 3 rings (SSSR count). The van der Waals surface area contributed by atoms with E-state index in [1.165, 1.54) is 0 Å². The Morgan fingerprint density at radius 1 is 1.12 bits per heavy atom. The van der Waals surface area contributed by atoms with Crippen molar-refractivity contribution in [3.63, 3.8) is 0 Å². The van der Waals surface area contributed by atoms with Gasteiger partial charge in [-0.15, -0.1) is 0 Å². The largest absolute Gasteiger partial charge is 0.459 e. The lowest BCUT2D eigenvalue weighted by Gasteiger charge is -2.37. The number of hydrogen-bond donors (Lipinski definition) is 0. The topological polar surface area (TPSA) is 44.2 Å². The molecule has 1 atom stereocenters. The number of aromatic nitrogens is 2. The van der Waals surface area contributed by atoms with Crippen molar-refractivity contribution >= 4 is 22.6 Å². The van der Waals surface area contributed by atoms with Gasteiger partial charge in [0.2, 0.25) is 6.10 Å². The first-order chi connectivity index (χ1) is 11.3. The molecular formula is C15H13ClF4N2O2. The second kappa shape index (κ2) is 6.33. The van der Waals surface area contributed by atoms with Crippen LogP contribution >= 0.6 is 11.6 Å². The lowest BCUT2D eigenvalue weighted by Crippen LogP contribution is -2.54. The molecule has 0 spiro atoms. The van der Waals surface area contributed by atoms with Crippen molar-refractivity contribution in [3.8, 4) is 5.88 Å². The number of fused-ring (bicyclic) bond motifs is 1. The summed E-state index contributed by atoms with van der Waals surface area (Å²) in [6, 6.07) is 6.48. The van der Waals surface area contributed by atoms with Gasteiger partial charge in [0.05, 0.1) is 11.0 Å². The van der Waals surface area contributed by atoms with Crippen LogP contribution in [0, 0.1) is 0 Å². The summed E-state index contributed by atoms with van der Waals surface area (Å²) in [5.74, 6) is -0.541. The molecule has 0 N–H and O–H groups in total. The molecule has 0 radical (unpaired) electrons. The summed E-state index contributed by atoms with van der Waals surface area (Å²) < 4.78 is 64.8. The molecule has 1 aliphatic rings. The summed E-state index contributed by atoms with van der Waals surface area (Å²) in [6.07, 6.45) is -8.46. The molecule has 1 fully saturated rings. The normalized spacial score (nSPS) is 19.2. The first kappa shape index (κ1) is 17.2. The molecule has 24 heavy (non-hydrogen) atoms. The minimum absolute atomic E-state index is 0.108. The SMILES string of the molecule is FC(F)(F)C(Oc1nc2ccccc2nc1Cl)C1(F)CCOCC1. The van der Waals surface area contributed by atoms with Crippen molar-refractivity contribution in [2.24, 2.45) is 0 Å². The lowest BCUT2D eigenvalue weighted by atomic mass is 9.89.